The quantitative estimate of drug-likeness (QED) is 0.465. The number of benzene rings is 2. The fraction of sp³-hybridized carbons (Fsp3) is 0.360. The Kier molecular flexibility index (Phi) is 6.21. The van der Waals surface area contributed by atoms with E-state index in [1.54, 1.807) is 0 Å². The zero-order chi connectivity index (χ0) is 21.2. The van der Waals surface area contributed by atoms with E-state index in [-0.39, 0.29) is 5.91 Å². The van der Waals surface area contributed by atoms with E-state index in [0.29, 0.717) is 12.5 Å². The first-order valence-electron chi connectivity index (χ1n) is 11.0. The Morgan fingerprint density at radius 2 is 1.87 bits per heavy atom. The van der Waals surface area contributed by atoms with Crippen molar-refractivity contribution in [2.75, 3.05) is 6.54 Å². The normalized spacial score (nSPS) is 18.4. The van der Waals surface area contributed by atoms with Crippen molar-refractivity contribution < 1.29 is 4.79 Å². The highest BCUT2D eigenvalue weighted by Crippen LogP contribution is 2.39. The number of hydrogen-bond donors (Lipinski definition) is 1. The maximum Gasteiger partial charge on any atom is 0.222 e. The maximum atomic E-state index is 11.8. The average molecular weight is 496 g/mol. The summed E-state index contributed by atoms with van der Waals surface area (Å²) in [6.45, 7) is 2.47. The van der Waals surface area contributed by atoms with Crippen molar-refractivity contribution in [3.8, 4) is 10.6 Å². The van der Waals surface area contributed by atoms with Gasteiger partial charge in [0.1, 0.15) is 5.01 Å². The fourth-order valence-electron chi connectivity index (χ4n) is 4.46. The molecule has 2 heterocycles. The summed E-state index contributed by atoms with van der Waals surface area (Å²) in [5.74, 6) is 0.283. The van der Waals surface area contributed by atoms with E-state index in [0.717, 1.165) is 48.4 Å². The molecular formula is C25H26BrN3OS. The predicted octanol–water partition coefficient (Wildman–Crippen LogP) is 5.86. The summed E-state index contributed by atoms with van der Waals surface area (Å²) in [7, 11) is 0. The minimum absolute atomic E-state index is 0.283. The molecule has 1 N–H and O–H groups in total. The Morgan fingerprint density at radius 1 is 1.06 bits per heavy atom. The van der Waals surface area contributed by atoms with Gasteiger partial charge in [0.2, 0.25) is 5.91 Å². The number of carbonyl (C=O) groups is 1. The van der Waals surface area contributed by atoms with E-state index >= 15 is 0 Å². The van der Waals surface area contributed by atoms with Gasteiger partial charge in [0.15, 0.2) is 0 Å². The summed E-state index contributed by atoms with van der Waals surface area (Å²) < 4.78 is 1.10. The monoisotopic (exact) mass is 495 g/mol. The van der Waals surface area contributed by atoms with Gasteiger partial charge in [-0.15, -0.1) is 11.3 Å². The maximum absolute atomic E-state index is 11.8. The molecule has 3 aromatic rings. The summed E-state index contributed by atoms with van der Waals surface area (Å²) in [4.78, 5) is 20.2. The second kappa shape index (κ2) is 9.23. The van der Waals surface area contributed by atoms with Crippen LogP contribution in [0.25, 0.3) is 10.6 Å². The number of amides is 1. The van der Waals surface area contributed by atoms with Crippen LogP contribution in [0.4, 0.5) is 0 Å². The molecular weight excluding hydrogens is 470 g/mol. The molecule has 1 saturated heterocycles. The van der Waals surface area contributed by atoms with Crippen LogP contribution in [0.2, 0.25) is 0 Å². The summed E-state index contributed by atoms with van der Waals surface area (Å²) in [6, 6.07) is 17.4. The Balaban J connectivity index is 1.25. The average Bonchev–Trinajstić information content (AvgIpc) is 3.40. The Hall–Kier alpha value is -2.02. The molecule has 1 aliphatic heterocycles. The lowest BCUT2D eigenvalue weighted by Gasteiger charge is -2.22. The minimum atomic E-state index is 0.283. The van der Waals surface area contributed by atoms with Gasteiger partial charge in [0, 0.05) is 47.0 Å². The SMILES string of the molecule is O=C1CCCN1Cc1ccc(CNC2CCCc3nc(-c4ccccc4Br)sc32)cc1. The Bertz CT molecular complexity index is 1080. The molecule has 0 radical (unpaired) electrons. The molecule has 1 unspecified atom stereocenters. The third kappa shape index (κ3) is 4.61. The number of hydrogen-bond acceptors (Lipinski definition) is 4. The Morgan fingerprint density at radius 3 is 2.65 bits per heavy atom. The van der Waals surface area contributed by atoms with Gasteiger partial charge in [-0.05, 0) is 42.9 Å². The fourth-order valence-corrected chi connectivity index (χ4v) is 6.32. The molecule has 1 amide bonds. The van der Waals surface area contributed by atoms with Crippen molar-refractivity contribution in [2.24, 2.45) is 0 Å². The number of aromatic nitrogens is 1. The van der Waals surface area contributed by atoms with Crippen LogP contribution >= 0.6 is 27.3 Å². The van der Waals surface area contributed by atoms with Crippen molar-refractivity contribution in [3.63, 3.8) is 0 Å². The van der Waals surface area contributed by atoms with Gasteiger partial charge in [-0.3, -0.25) is 4.79 Å². The summed E-state index contributed by atoms with van der Waals surface area (Å²) in [5.41, 5.74) is 4.91. The number of carbonyl (C=O) groups excluding carboxylic acids is 1. The van der Waals surface area contributed by atoms with Gasteiger partial charge >= 0.3 is 0 Å². The highest BCUT2D eigenvalue weighted by molar-refractivity contribution is 9.10. The first kappa shape index (κ1) is 20.9. The van der Waals surface area contributed by atoms with Crippen LogP contribution in [-0.2, 0) is 24.3 Å². The molecule has 1 aromatic heterocycles. The predicted molar refractivity (Wildman–Crippen MR) is 129 cm³/mol. The van der Waals surface area contributed by atoms with Crippen molar-refractivity contribution in [3.05, 3.63) is 74.7 Å². The van der Waals surface area contributed by atoms with Crippen molar-refractivity contribution in [1.82, 2.24) is 15.2 Å². The van der Waals surface area contributed by atoms with Gasteiger partial charge in [0.05, 0.1) is 5.69 Å². The molecule has 4 nitrogen and oxygen atoms in total. The van der Waals surface area contributed by atoms with Crippen LogP contribution in [0.15, 0.2) is 53.0 Å². The molecule has 2 aromatic carbocycles. The Labute approximate surface area is 195 Å². The number of nitrogens with one attached hydrogen (secondary N) is 1. The summed E-state index contributed by atoms with van der Waals surface area (Å²) in [6.07, 6.45) is 5.08. The molecule has 0 spiro atoms. The van der Waals surface area contributed by atoms with E-state index in [1.165, 1.54) is 33.7 Å². The van der Waals surface area contributed by atoms with Crippen LogP contribution in [0.5, 0.6) is 0 Å². The number of nitrogens with zero attached hydrogens (tertiary/aromatic N) is 2. The second-order valence-electron chi connectivity index (χ2n) is 8.37. The van der Waals surface area contributed by atoms with Crippen molar-refractivity contribution in [1.29, 1.82) is 0 Å². The smallest absolute Gasteiger partial charge is 0.222 e. The molecule has 5 rings (SSSR count). The number of likely N-dealkylation sites (tertiary alicyclic amines) is 1. The molecule has 1 atom stereocenters. The molecule has 31 heavy (non-hydrogen) atoms. The zero-order valence-electron chi connectivity index (χ0n) is 17.4. The number of fused-ring (bicyclic) bond motifs is 1. The summed E-state index contributed by atoms with van der Waals surface area (Å²) >= 11 is 5.49. The first-order chi connectivity index (χ1) is 15.2. The van der Waals surface area contributed by atoms with E-state index in [4.69, 9.17) is 4.98 Å². The van der Waals surface area contributed by atoms with Crippen LogP contribution in [0, 0.1) is 0 Å². The standard InChI is InChI=1S/C25H26BrN3OS/c26-20-6-2-1-5-19(20)25-28-22-8-3-7-21(24(22)31-25)27-15-17-10-12-18(13-11-17)16-29-14-4-9-23(29)30/h1-2,5-6,10-13,21,27H,3-4,7-9,14-16H2. The lowest BCUT2D eigenvalue weighted by molar-refractivity contribution is -0.128. The first-order valence-corrected chi connectivity index (χ1v) is 12.6. The third-order valence-corrected chi connectivity index (χ3v) is 8.11. The number of halogens is 1. The van der Waals surface area contributed by atoms with E-state index < -0.39 is 0 Å². The van der Waals surface area contributed by atoms with Crippen molar-refractivity contribution >= 4 is 33.2 Å². The molecule has 0 bridgehead atoms. The summed E-state index contributed by atoms with van der Waals surface area (Å²) in [5, 5.41) is 4.87. The molecule has 1 aliphatic carbocycles. The highest BCUT2D eigenvalue weighted by atomic mass is 79.9. The molecule has 0 saturated carbocycles. The second-order valence-corrected chi connectivity index (χ2v) is 10.3. The lowest BCUT2D eigenvalue weighted by Crippen LogP contribution is -2.24. The van der Waals surface area contributed by atoms with Gasteiger partial charge < -0.3 is 10.2 Å². The molecule has 2 aliphatic rings. The van der Waals surface area contributed by atoms with E-state index in [9.17, 15) is 4.79 Å². The zero-order valence-corrected chi connectivity index (χ0v) is 19.8. The highest BCUT2D eigenvalue weighted by Gasteiger charge is 2.25. The molecule has 1 fully saturated rings. The van der Waals surface area contributed by atoms with Gasteiger partial charge in [-0.25, -0.2) is 4.98 Å². The van der Waals surface area contributed by atoms with Gasteiger partial charge in [-0.2, -0.15) is 0 Å². The van der Waals surface area contributed by atoms with Crippen LogP contribution < -0.4 is 5.32 Å². The minimum Gasteiger partial charge on any atom is -0.338 e. The van der Waals surface area contributed by atoms with Gasteiger partial charge in [-0.1, -0.05) is 58.4 Å². The topological polar surface area (TPSA) is 45.2 Å². The van der Waals surface area contributed by atoms with E-state index in [1.807, 2.05) is 22.3 Å². The number of rotatable bonds is 6. The van der Waals surface area contributed by atoms with Crippen molar-refractivity contribution in [2.45, 2.75) is 51.2 Å². The van der Waals surface area contributed by atoms with Crippen LogP contribution in [0.1, 0.15) is 53.4 Å². The van der Waals surface area contributed by atoms with Crippen LogP contribution in [-0.4, -0.2) is 22.3 Å². The third-order valence-electron chi connectivity index (χ3n) is 6.18. The van der Waals surface area contributed by atoms with Crippen LogP contribution in [0.3, 0.4) is 0 Å². The number of aryl methyl sites for hydroxylation is 1. The number of thiazole rings is 1. The molecule has 160 valence electrons. The lowest BCUT2D eigenvalue weighted by atomic mass is 9.97. The largest absolute Gasteiger partial charge is 0.338 e. The molecule has 6 heteroatoms. The van der Waals surface area contributed by atoms with E-state index in [2.05, 4.69) is 63.7 Å². The van der Waals surface area contributed by atoms with Gasteiger partial charge in [0.25, 0.3) is 0 Å².